The molecule has 4 aromatic rings. The van der Waals surface area contributed by atoms with Crippen molar-refractivity contribution in [3.63, 3.8) is 0 Å². The molecule has 1 fully saturated rings. The number of piperidine rings is 1. The van der Waals surface area contributed by atoms with Gasteiger partial charge < -0.3 is 4.90 Å². The molecule has 5 rings (SSSR count). The van der Waals surface area contributed by atoms with Gasteiger partial charge in [0.15, 0.2) is 5.65 Å². The van der Waals surface area contributed by atoms with E-state index in [1.165, 1.54) is 10.9 Å². The summed E-state index contributed by atoms with van der Waals surface area (Å²) in [5.74, 6) is 0.918. The van der Waals surface area contributed by atoms with E-state index in [4.69, 9.17) is 0 Å². The highest BCUT2D eigenvalue weighted by Gasteiger charge is 2.28. The van der Waals surface area contributed by atoms with E-state index in [0.29, 0.717) is 24.0 Å². The number of hydrogen-bond donors (Lipinski definition) is 0. The van der Waals surface area contributed by atoms with Gasteiger partial charge in [0.25, 0.3) is 5.56 Å². The molecular weight excluding hydrogens is 368 g/mol. The largest absolute Gasteiger partial charge is 0.340 e. The van der Waals surface area contributed by atoms with Crippen LogP contribution in [-0.4, -0.2) is 48.0 Å². The van der Waals surface area contributed by atoms with Gasteiger partial charge in [-0.1, -0.05) is 18.2 Å². The lowest BCUT2D eigenvalue weighted by Gasteiger charge is -2.32. The number of hydrogen-bond acceptors (Lipinski definition) is 5. The zero-order valence-electron chi connectivity index (χ0n) is 15.8. The predicted molar refractivity (Wildman–Crippen MR) is 108 cm³/mol. The van der Waals surface area contributed by atoms with Gasteiger partial charge in [-0.05, 0) is 37.1 Å². The van der Waals surface area contributed by atoms with Crippen molar-refractivity contribution in [2.75, 3.05) is 13.1 Å². The number of benzene rings is 1. The molecule has 29 heavy (non-hydrogen) atoms. The lowest BCUT2D eigenvalue weighted by Crippen LogP contribution is -2.42. The molecule has 8 heteroatoms. The molecule has 0 radical (unpaired) electrons. The SMILES string of the molecule is O=C(Cn1cnc2ccccc2c1=O)N1CCC[C@H](c2nnc3ccccn23)C1. The third kappa shape index (κ3) is 3.16. The van der Waals surface area contributed by atoms with E-state index in [2.05, 4.69) is 15.2 Å². The second kappa shape index (κ2) is 7.12. The van der Waals surface area contributed by atoms with Crippen molar-refractivity contribution in [3.8, 4) is 0 Å². The van der Waals surface area contributed by atoms with Gasteiger partial charge in [0.05, 0.1) is 17.2 Å². The minimum atomic E-state index is -0.194. The summed E-state index contributed by atoms with van der Waals surface area (Å²) in [5.41, 5.74) is 1.25. The Labute approximate surface area is 166 Å². The maximum absolute atomic E-state index is 12.9. The average molecular weight is 388 g/mol. The van der Waals surface area contributed by atoms with Crippen LogP contribution in [0.15, 0.2) is 59.8 Å². The van der Waals surface area contributed by atoms with E-state index in [1.807, 2.05) is 39.8 Å². The number of amides is 1. The second-order valence-electron chi connectivity index (χ2n) is 7.36. The molecule has 0 aliphatic carbocycles. The third-order valence-corrected chi connectivity index (χ3v) is 5.52. The lowest BCUT2D eigenvalue weighted by atomic mass is 9.97. The molecule has 4 heterocycles. The molecule has 0 saturated carbocycles. The summed E-state index contributed by atoms with van der Waals surface area (Å²) >= 11 is 0. The summed E-state index contributed by atoms with van der Waals surface area (Å²) in [6, 6.07) is 13.0. The maximum Gasteiger partial charge on any atom is 0.261 e. The lowest BCUT2D eigenvalue weighted by molar-refractivity contribution is -0.133. The Morgan fingerprint density at radius 3 is 2.90 bits per heavy atom. The quantitative estimate of drug-likeness (QED) is 0.535. The summed E-state index contributed by atoms with van der Waals surface area (Å²) in [6.07, 6.45) is 5.25. The Morgan fingerprint density at radius 2 is 1.97 bits per heavy atom. The third-order valence-electron chi connectivity index (χ3n) is 5.52. The Bertz CT molecular complexity index is 1260. The highest BCUT2D eigenvalue weighted by atomic mass is 16.2. The van der Waals surface area contributed by atoms with Gasteiger partial charge in [0, 0.05) is 25.2 Å². The summed E-state index contributed by atoms with van der Waals surface area (Å²) in [7, 11) is 0. The molecule has 8 nitrogen and oxygen atoms in total. The number of carbonyl (C=O) groups is 1. The molecule has 1 atom stereocenters. The van der Waals surface area contributed by atoms with Crippen molar-refractivity contribution >= 4 is 22.5 Å². The second-order valence-corrected chi connectivity index (χ2v) is 7.36. The number of para-hydroxylation sites is 1. The van der Waals surface area contributed by atoms with E-state index in [9.17, 15) is 9.59 Å². The van der Waals surface area contributed by atoms with Crippen molar-refractivity contribution in [1.82, 2.24) is 29.0 Å². The highest BCUT2D eigenvalue weighted by molar-refractivity contribution is 5.79. The smallest absolute Gasteiger partial charge is 0.261 e. The molecule has 1 aromatic carbocycles. The summed E-state index contributed by atoms with van der Waals surface area (Å²) in [6.45, 7) is 1.25. The van der Waals surface area contributed by atoms with Crippen LogP contribution in [0.1, 0.15) is 24.6 Å². The Balaban J connectivity index is 1.36. The van der Waals surface area contributed by atoms with Crippen LogP contribution in [0.5, 0.6) is 0 Å². The van der Waals surface area contributed by atoms with Crippen molar-refractivity contribution < 1.29 is 4.79 Å². The van der Waals surface area contributed by atoms with Gasteiger partial charge >= 0.3 is 0 Å². The molecule has 0 unspecified atom stereocenters. The van der Waals surface area contributed by atoms with Crippen molar-refractivity contribution in [2.24, 2.45) is 0 Å². The number of rotatable bonds is 3. The van der Waals surface area contributed by atoms with E-state index in [1.54, 1.807) is 18.2 Å². The number of aromatic nitrogens is 5. The van der Waals surface area contributed by atoms with Crippen LogP contribution in [0.3, 0.4) is 0 Å². The summed E-state index contributed by atoms with van der Waals surface area (Å²) < 4.78 is 3.37. The van der Waals surface area contributed by atoms with Crippen LogP contribution >= 0.6 is 0 Å². The number of carbonyl (C=O) groups excluding carboxylic acids is 1. The van der Waals surface area contributed by atoms with Crippen LogP contribution in [0.25, 0.3) is 16.6 Å². The fourth-order valence-electron chi connectivity index (χ4n) is 4.02. The molecule has 1 aliphatic heterocycles. The summed E-state index contributed by atoms with van der Waals surface area (Å²) in [4.78, 5) is 31.7. The Hall–Kier alpha value is -3.55. The Kier molecular flexibility index (Phi) is 4.31. The number of pyridine rings is 1. The molecule has 146 valence electrons. The first-order valence-corrected chi connectivity index (χ1v) is 9.72. The van der Waals surface area contributed by atoms with Gasteiger partial charge in [0.1, 0.15) is 12.4 Å². The number of likely N-dealkylation sites (tertiary alicyclic amines) is 1. The normalized spacial score (nSPS) is 17.1. The number of fused-ring (bicyclic) bond motifs is 2. The van der Waals surface area contributed by atoms with Gasteiger partial charge in [-0.2, -0.15) is 0 Å². The molecular formula is C21H20N6O2. The molecule has 0 N–H and O–H groups in total. The van der Waals surface area contributed by atoms with Crippen molar-refractivity contribution in [2.45, 2.75) is 25.3 Å². The van der Waals surface area contributed by atoms with E-state index >= 15 is 0 Å². The number of nitrogens with zero attached hydrogens (tertiary/aromatic N) is 6. The fourth-order valence-corrected chi connectivity index (χ4v) is 4.02. The molecule has 1 saturated heterocycles. The molecule has 1 aliphatic rings. The monoisotopic (exact) mass is 388 g/mol. The molecule has 0 bridgehead atoms. The maximum atomic E-state index is 12.9. The van der Waals surface area contributed by atoms with Crippen LogP contribution in [0.4, 0.5) is 0 Å². The van der Waals surface area contributed by atoms with Crippen LogP contribution < -0.4 is 5.56 Å². The Morgan fingerprint density at radius 1 is 1.10 bits per heavy atom. The van der Waals surface area contributed by atoms with Crippen molar-refractivity contribution in [1.29, 1.82) is 0 Å². The minimum Gasteiger partial charge on any atom is -0.340 e. The van der Waals surface area contributed by atoms with E-state index in [0.717, 1.165) is 24.3 Å². The zero-order valence-corrected chi connectivity index (χ0v) is 15.8. The van der Waals surface area contributed by atoms with Gasteiger partial charge in [-0.3, -0.25) is 18.6 Å². The van der Waals surface area contributed by atoms with Gasteiger partial charge in [-0.25, -0.2) is 4.98 Å². The van der Waals surface area contributed by atoms with Crippen LogP contribution in [-0.2, 0) is 11.3 Å². The van der Waals surface area contributed by atoms with Crippen molar-refractivity contribution in [3.05, 3.63) is 71.2 Å². The first-order chi connectivity index (χ1) is 14.2. The first kappa shape index (κ1) is 17.5. The molecule has 1 amide bonds. The zero-order chi connectivity index (χ0) is 19.8. The van der Waals surface area contributed by atoms with E-state index in [-0.39, 0.29) is 23.9 Å². The van der Waals surface area contributed by atoms with Gasteiger partial charge in [0.2, 0.25) is 5.91 Å². The van der Waals surface area contributed by atoms with Crippen LogP contribution in [0, 0.1) is 0 Å². The summed E-state index contributed by atoms with van der Waals surface area (Å²) in [5, 5.41) is 9.11. The topological polar surface area (TPSA) is 85.4 Å². The van der Waals surface area contributed by atoms with Crippen LogP contribution in [0.2, 0.25) is 0 Å². The fraction of sp³-hybridized carbons (Fsp3) is 0.286. The highest BCUT2D eigenvalue weighted by Crippen LogP contribution is 2.26. The molecule has 3 aromatic heterocycles. The minimum absolute atomic E-state index is 0.00995. The first-order valence-electron chi connectivity index (χ1n) is 9.72. The predicted octanol–water partition coefficient (Wildman–Crippen LogP) is 1.85. The average Bonchev–Trinajstić information content (AvgIpc) is 3.20. The van der Waals surface area contributed by atoms with E-state index < -0.39 is 0 Å². The van der Waals surface area contributed by atoms with Gasteiger partial charge in [-0.15, -0.1) is 10.2 Å². The molecule has 0 spiro atoms. The standard InChI is InChI=1S/C21H20N6O2/c28-19(13-26-14-22-17-8-2-1-7-16(17)21(26)29)25-10-5-6-15(12-25)20-24-23-18-9-3-4-11-27(18)20/h1-4,7-9,11,14-15H,5-6,10,12-13H2/t15-/m0/s1.